The molecule has 1 aromatic rings. The Morgan fingerprint density at radius 3 is 2.42 bits per heavy atom. The highest BCUT2D eigenvalue weighted by Gasteiger charge is 2.36. The van der Waals surface area contributed by atoms with Crippen molar-refractivity contribution in [2.24, 2.45) is 29.4 Å². The molecule has 3 aliphatic rings. The summed E-state index contributed by atoms with van der Waals surface area (Å²) in [6, 6.07) is 8.32. The van der Waals surface area contributed by atoms with Crippen LogP contribution in [0.3, 0.4) is 0 Å². The first-order valence-electron chi connectivity index (χ1n) is 16.2. The molecule has 11 nitrogen and oxygen atoms in total. The Bertz CT molecular complexity index is 1640. The van der Waals surface area contributed by atoms with E-state index in [0.717, 1.165) is 6.08 Å². The SMILES string of the molecule is BCC(=O)O[C@@H]1[C@@H](C)/C=C(\C)[C@H](OC(N)=O)[C@@H]2C=CC=C(C2)C(=O)NC2=CC(=O)C(NC(=O)c3ccccc3)=C(C[C@@H](C)C[C@@H]1C)C2=O. The summed E-state index contributed by atoms with van der Waals surface area (Å²) in [6.07, 6.45) is 6.47. The average Bonchev–Trinajstić information content (AvgIpc) is 3.05. The first-order valence-corrected chi connectivity index (χ1v) is 16.2. The highest BCUT2D eigenvalue weighted by Crippen LogP contribution is 2.34. The highest BCUT2D eigenvalue weighted by atomic mass is 16.6. The predicted octanol–water partition coefficient (Wildman–Crippen LogP) is 3.40. The quantitative estimate of drug-likeness (QED) is 0.188. The number of benzene rings is 1. The molecule has 2 aliphatic carbocycles. The molecule has 0 unspecified atom stereocenters. The number of ketones is 2. The second kappa shape index (κ2) is 15.7. The smallest absolute Gasteiger partial charge is 0.405 e. The maximum Gasteiger partial charge on any atom is 0.405 e. The molecule has 0 radical (unpaired) electrons. The molecule has 1 aromatic carbocycles. The number of allylic oxidation sites excluding steroid dienone is 4. The second-order valence-electron chi connectivity index (χ2n) is 12.8. The molecule has 0 saturated carbocycles. The lowest BCUT2D eigenvalue weighted by Crippen LogP contribution is -2.38. The van der Waals surface area contributed by atoms with Crippen molar-refractivity contribution >= 4 is 43.3 Å². The number of hydrogen-bond donors (Lipinski definition) is 3. The van der Waals surface area contributed by atoms with E-state index < -0.39 is 47.6 Å². The molecule has 4 bridgehead atoms. The Hall–Kier alpha value is -5.00. The summed E-state index contributed by atoms with van der Waals surface area (Å²) < 4.78 is 11.5. The number of amides is 3. The molecule has 0 fully saturated rings. The number of fused-ring (bicyclic) bond motifs is 4. The van der Waals surface area contributed by atoms with Crippen molar-refractivity contribution in [1.82, 2.24) is 10.6 Å². The van der Waals surface area contributed by atoms with E-state index in [1.807, 2.05) is 26.8 Å². The Morgan fingerprint density at radius 2 is 1.75 bits per heavy atom. The van der Waals surface area contributed by atoms with Crippen LogP contribution in [0.4, 0.5) is 4.79 Å². The molecule has 12 heteroatoms. The number of esters is 1. The fourth-order valence-corrected chi connectivity index (χ4v) is 6.60. The van der Waals surface area contributed by atoms with Crippen molar-refractivity contribution in [2.75, 3.05) is 0 Å². The van der Waals surface area contributed by atoms with Crippen LogP contribution in [0.25, 0.3) is 0 Å². The summed E-state index contributed by atoms with van der Waals surface area (Å²) >= 11 is 0. The van der Waals surface area contributed by atoms with Gasteiger partial charge in [0, 0.05) is 40.9 Å². The zero-order valence-corrected chi connectivity index (χ0v) is 27.9. The molecular weight excluding hydrogens is 613 g/mol. The third-order valence-corrected chi connectivity index (χ3v) is 8.84. The van der Waals surface area contributed by atoms with Gasteiger partial charge in [-0.05, 0) is 55.7 Å². The van der Waals surface area contributed by atoms with Gasteiger partial charge in [-0.2, -0.15) is 0 Å². The summed E-state index contributed by atoms with van der Waals surface area (Å²) in [6.45, 7) is 7.56. The Kier molecular flexibility index (Phi) is 11.7. The van der Waals surface area contributed by atoms with Gasteiger partial charge in [-0.25, -0.2) is 4.79 Å². The number of nitrogens with two attached hydrogens (primary N) is 1. The minimum Gasteiger partial charge on any atom is -0.462 e. The molecule has 4 N–H and O–H groups in total. The molecule has 1 aliphatic heterocycles. The van der Waals surface area contributed by atoms with Gasteiger partial charge in [-0.1, -0.05) is 63.3 Å². The third-order valence-electron chi connectivity index (χ3n) is 8.84. The zero-order valence-electron chi connectivity index (χ0n) is 27.9. The minimum absolute atomic E-state index is 0.0716. The van der Waals surface area contributed by atoms with Gasteiger partial charge < -0.3 is 25.8 Å². The average molecular weight is 656 g/mol. The molecule has 4 rings (SSSR count). The summed E-state index contributed by atoms with van der Waals surface area (Å²) in [4.78, 5) is 78.7. The maximum absolute atomic E-state index is 14.0. The van der Waals surface area contributed by atoms with E-state index >= 15 is 0 Å². The van der Waals surface area contributed by atoms with Crippen LogP contribution in [0.1, 0.15) is 57.3 Å². The minimum atomic E-state index is -0.984. The van der Waals surface area contributed by atoms with E-state index in [4.69, 9.17) is 15.2 Å². The summed E-state index contributed by atoms with van der Waals surface area (Å²) in [7, 11) is 1.71. The standard InChI is InChI=1S/C36H42BN3O8/c1-19-13-20(2)32(47-29(42)18-37)21(3)15-22(4)33(48-36(38)46)24-11-8-12-25(16-24)35(45)39-27-17-28(41)30(26(14-19)31(27)43)40-34(44)23-9-6-5-7-10-23/h5-12,15,17,19-21,24,32-33H,13-14,16,18,37H2,1-4H3,(H2,38,46)(H,39,45)(H,40,44)/b22-15+/t19-,20-,21-,24+,32-,33-/m0/s1. The number of rotatable bonds is 5. The number of nitrogens with one attached hydrogen (secondary N) is 2. The third kappa shape index (κ3) is 8.67. The van der Waals surface area contributed by atoms with E-state index in [1.165, 1.54) is 0 Å². The van der Waals surface area contributed by atoms with Crippen LogP contribution in [-0.2, 0) is 28.7 Å². The van der Waals surface area contributed by atoms with Crippen molar-refractivity contribution in [1.29, 1.82) is 0 Å². The van der Waals surface area contributed by atoms with E-state index in [9.17, 15) is 28.8 Å². The lowest BCUT2D eigenvalue weighted by atomic mass is 9.81. The van der Waals surface area contributed by atoms with Crippen molar-refractivity contribution < 1.29 is 38.2 Å². The van der Waals surface area contributed by atoms with Crippen molar-refractivity contribution in [3.05, 3.63) is 94.4 Å². The van der Waals surface area contributed by atoms with Gasteiger partial charge >= 0.3 is 6.09 Å². The Morgan fingerprint density at radius 1 is 1.04 bits per heavy atom. The second-order valence-corrected chi connectivity index (χ2v) is 12.8. The van der Waals surface area contributed by atoms with E-state index in [2.05, 4.69) is 10.6 Å². The molecule has 0 aromatic heterocycles. The number of primary amides is 1. The molecule has 0 saturated heterocycles. The van der Waals surface area contributed by atoms with Crippen LogP contribution in [-0.4, -0.2) is 55.5 Å². The van der Waals surface area contributed by atoms with Gasteiger partial charge in [0.1, 0.15) is 20.1 Å². The van der Waals surface area contributed by atoms with E-state index in [0.29, 0.717) is 17.6 Å². The predicted molar refractivity (Wildman–Crippen MR) is 181 cm³/mol. The van der Waals surface area contributed by atoms with Gasteiger partial charge in [0.2, 0.25) is 11.6 Å². The van der Waals surface area contributed by atoms with Crippen LogP contribution in [0.5, 0.6) is 0 Å². The fourth-order valence-electron chi connectivity index (χ4n) is 6.60. The van der Waals surface area contributed by atoms with Gasteiger partial charge in [0.25, 0.3) is 17.8 Å². The summed E-state index contributed by atoms with van der Waals surface area (Å²) in [5.41, 5.74) is 6.44. The largest absolute Gasteiger partial charge is 0.462 e. The van der Waals surface area contributed by atoms with Crippen LogP contribution in [0.2, 0.25) is 6.32 Å². The molecule has 3 amide bonds. The monoisotopic (exact) mass is 655 g/mol. The summed E-state index contributed by atoms with van der Waals surface area (Å²) in [5.74, 6) is -3.98. The van der Waals surface area contributed by atoms with Gasteiger partial charge in [-0.15, -0.1) is 0 Å². The fraction of sp³-hybridized carbons (Fsp3) is 0.389. The molecule has 6 atom stereocenters. The van der Waals surface area contributed by atoms with Gasteiger partial charge in [0.05, 0.1) is 11.4 Å². The lowest BCUT2D eigenvalue weighted by Gasteiger charge is -2.32. The zero-order chi connectivity index (χ0) is 35.1. The van der Waals surface area contributed by atoms with Crippen LogP contribution in [0.15, 0.2) is 88.8 Å². The molecule has 1 heterocycles. The molecule has 0 spiro atoms. The topological polar surface area (TPSA) is 171 Å². The van der Waals surface area contributed by atoms with Crippen molar-refractivity contribution in [2.45, 2.75) is 65.5 Å². The number of ether oxygens (including phenoxy) is 2. The maximum atomic E-state index is 14.0. The van der Waals surface area contributed by atoms with Gasteiger partial charge in [0.15, 0.2) is 0 Å². The molecular formula is C36H42BN3O8. The summed E-state index contributed by atoms with van der Waals surface area (Å²) in [5, 5.41) is 5.26. The number of hydrogen-bond acceptors (Lipinski definition) is 8. The van der Waals surface area contributed by atoms with Crippen LogP contribution in [0, 0.1) is 23.7 Å². The van der Waals surface area contributed by atoms with Crippen molar-refractivity contribution in [3.63, 3.8) is 0 Å². The normalized spacial score (nSPS) is 27.8. The first-order chi connectivity index (χ1) is 22.8. The van der Waals surface area contributed by atoms with Crippen LogP contribution < -0.4 is 16.4 Å². The van der Waals surface area contributed by atoms with E-state index in [1.54, 1.807) is 63.3 Å². The molecule has 48 heavy (non-hydrogen) atoms. The number of carbonyl (C=O) groups is 6. The number of Topliss-reactive ketones (excluding diaryl/α,β-unsaturated/α-hetero) is 1. The lowest BCUT2D eigenvalue weighted by molar-refractivity contribution is -0.151. The Balaban J connectivity index is 1.79. The number of carbonyl (C=O) groups excluding carboxylic acids is 6. The van der Waals surface area contributed by atoms with Crippen molar-refractivity contribution in [3.8, 4) is 0 Å². The Labute approximate surface area is 281 Å². The first kappa shape index (κ1) is 35.9. The van der Waals surface area contributed by atoms with Gasteiger partial charge in [-0.3, -0.25) is 24.0 Å². The van der Waals surface area contributed by atoms with E-state index in [-0.39, 0.29) is 65.4 Å². The van der Waals surface area contributed by atoms with Crippen LogP contribution >= 0.6 is 0 Å². The molecule has 252 valence electrons. The highest BCUT2D eigenvalue weighted by molar-refractivity contribution is 6.24.